The Labute approximate surface area is 127 Å². The third kappa shape index (κ3) is 3.21. The highest BCUT2D eigenvalue weighted by molar-refractivity contribution is 9.10. The van der Waals surface area contributed by atoms with Gasteiger partial charge in [-0.15, -0.1) is 0 Å². The highest BCUT2D eigenvalue weighted by Crippen LogP contribution is 2.29. The summed E-state index contributed by atoms with van der Waals surface area (Å²) < 4.78 is 40.3. The minimum Gasteiger partial charge on any atom is -0.319 e. The van der Waals surface area contributed by atoms with E-state index in [0.29, 0.717) is 9.99 Å². The molecule has 0 aliphatic heterocycles. The number of alkyl halides is 3. The first kappa shape index (κ1) is 15.8. The second kappa shape index (κ2) is 5.69. The normalized spacial score (nSPS) is 11.9. The van der Waals surface area contributed by atoms with Crippen molar-refractivity contribution < 1.29 is 22.8 Å². The maximum Gasteiger partial charge on any atom is 0.394 e. The number of fused-ring (bicyclic) bond motifs is 1. The molecule has 21 heavy (non-hydrogen) atoms. The van der Waals surface area contributed by atoms with Gasteiger partial charge in [-0.1, -0.05) is 0 Å². The fraction of sp³-hybridized carbons (Fsp3) is 0.308. The van der Waals surface area contributed by atoms with Crippen LogP contribution in [-0.4, -0.2) is 35.7 Å². The van der Waals surface area contributed by atoms with Crippen LogP contribution >= 0.6 is 15.9 Å². The first-order valence-electron chi connectivity index (χ1n) is 5.92. The van der Waals surface area contributed by atoms with Crippen molar-refractivity contribution in [1.29, 1.82) is 0 Å². The summed E-state index contributed by atoms with van der Waals surface area (Å²) in [4.78, 5) is 16.9. The quantitative estimate of drug-likeness (QED) is 0.781. The molecular weight excluding hydrogens is 353 g/mol. The van der Waals surface area contributed by atoms with E-state index >= 15 is 0 Å². The molecule has 0 saturated carbocycles. The molecule has 1 amide bonds. The van der Waals surface area contributed by atoms with Crippen LogP contribution in [0.25, 0.3) is 5.52 Å². The van der Waals surface area contributed by atoms with Gasteiger partial charge in [0.1, 0.15) is 0 Å². The van der Waals surface area contributed by atoms with E-state index in [4.69, 9.17) is 4.84 Å². The number of aromatic nitrogens is 1. The summed E-state index contributed by atoms with van der Waals surface area (Å²) >= 11 is 3.27. The van der Waals surface area contributed by atoms with Crippen LogP contribution < -0.4 is 0 Å². The summed E-state index contributed by atoms with van der Waals surface area (Å²) in [6.45, 7) is 0. The number of rotatable bonds is 3. The number of carbonyl (C=O) groups excluding carboxylic acids is 1. The Hall–Kier alpha value is -1.54. The van der Waals surface area contributed by atoms with E-state index in [1.165, 1.54) is 30.8 Å². The fourth-order valence-electron chi connectivity index (χ4n) is 2.03. The predicted octanol–water partition coefficient (Wildman–Crippen LogP) is 3.44. The van der Waals surface area contributed by atoms with Crippen molar-refractivity contribution in [3.05, 3.63) is 40.1 Å². The van der Waals surface area contributed by atoms with E-state index in [1.807, 2.05) is 0 Å². The molecule has 0 radical (unpaired) electrons. The Kier molecular flexibility index (Phi) is 4.29. The zero-order valence-electron chi connectivity index (χ0n) is 11.2. The van der Waals surface area contributed by atoms with Crippen LogP contribution in [0.3, 0.4) is 0 Å². The lowest BCUT2D eigenvalue weighted by Crippen LogP contribution is -2.27. The number of carbonyl (C=O) groups is 1. The third-order valence-electron chi connectivity index (χ3n) is 3.02. The zero-order chi connectivity index (χ0) is 15.8. The molecular formula is C13H12BrF3N2O2. The molecule has 4 nitrogen and oxygen atoms in total. The van der Waals surface area contributed by atoms with Crippen molar-refractivity contribution in [2.75, 3.05) is 14.2 Å². The van der Waals surface area contributed by atoms with E-state index in [-0.39, 0.29) is 11.3 Å². The number of hydrogen-bond donors (Lipinski definition) is 0. The van der Waals surface area contributed by atoms with Gasteiger partial charge in [0.05, 0.1) is 24.6 Å². The molecule has 0 atom stereocenters. The average molecular weight is 365 g/mol. The summed E-state index contributed by atoms with van der Waals surface area (Å²) in [7, 11) is 2.62. The van der Waals surface area contributed by atoms with Crippen LogP contribution in [-0.2, 0) is 11.3 Å². The SMILES string of the molecule is CON(C)C(=O)c1cc2c(Br)cccn2c1CC(F)(F)F. The number of pyridine rings is 1. The average Bonchev–Trinajstić information content (AvgIpc) is 2.75. The molecule has 0 saturated heterocycles. The largest absolute Gasteiger partial charge is 0.394 e. The molecule has 0 fully saturated rings. The fourth-order valence-corrected chi connectivity index (χ4v) is 2.48. The molecule has 0 aromatic carbocycles. The van der Waals surface area contributed by atoms with E-state index < -0.39 is 18.5 Å². The minimum atomic E-state index is -4.42. The molecule has 2 rings (SSSR count). The Morgan fingerprint density at radius 1 is 1.48 bits per heavy atom. The van der Waals surface area contributed by atoms with Crippen molar-refractivity contribution in [1.82, 2.24) is 9.46 Å². The standard InChI is InChI=1S/C13H12BrF3N2O2/c1-18(21-2)12(20)8-6-10-9(14)4-3-5-19(10)11(8)7-13(15,16)17/h3-6H,7H2,1-2H3. The predicted molar refractivity (Wildman–Crippen MR) is 74.0 cm³/mol. The van der Waals surface area contributed by atoms with Crippen molar-refractivity contribution in [2.45, 2.75) is 12.6 Å². The molecule has 2 heterocycles. The lowest BCUT2D eigenvalue weighted by Gasteiger charge is -2.15. The highest BCUT2D eigenvalue weighted by Gasteiger charge is 2.33. The van der Waals surface area contributed by atoms with E-state index in [9.17, 15) is 18.0 Å². The molecule has 2 aromatic heterocycles. The molecule has 0 aliphatic rings. The molecule has 0 unspecified atom stereocenters. The second-order valence-corrected chi connectivity index (χ2v) is 5.25. The smallest absolute Gasteiger partial charge is 0.319 e. The Bertz CT molecular complexity index is 682. The number of hydroxylamine groups is 2. The monoisotopic (exact) mass is 364 g/mol. The van der Waals surface area contributed by atoms with E-state index in [2.05, 4.69) is 15.9 Å². The molecule has 114 valence electrons. The minimum absolute atomic E-state index is 0.0384. The summed E-state index contributed by atoms with van der Waals surface area (Å²) in [6.07, 6.45) is -4.13. The topological polar surface area (TPSA) is 34.0 Å². The summed E-state index contributed by atoms with van der Waals surface area (Å²) in [5.74, 6) is -0.632. The van der Waals surface area contributed by atoms with Gasteiger partial charge in [0.15, 0.2) is 0 Å². The van der Waals surface area contributed by atoms with Crippen molar-refractivity contribution in [3.8, 4) is 0 Å². The Balaban J connectivity index is 2.65. The van der Waals surface area contributed by atoms with Crippen LogP contribution in [0.15, 0.2) is 28.9 Å². The van der Waals surface area contributed by atoms with Crippen LogP contribution in [0, 0.1) is 0 Å². The maximum atomic E-state index is 12.8. The Morgan fingerprint density at radius 3 is 2.71 bits per heavy atom. The van der Waals surface area contributed by atoms with E-state index in [1.54, 1.807) is 12.1 Å². The second-order valence-electron chi connectivity index (χ2n) is 4.39. The van der Waals surface area contributed by atoms with Crippen LogP contribution in [0.4, 0.5) is 13.2 Å². The number of amides is 1. The van der Waals surface area contributed by atoms with E-state index in [0.717, 1.165) is 5.06 Å². The van der Waals surface area contributed by atoms with Gasteiger partial charge in [-0.25, -0.2) is 5.06 Å². The zero-order valence-corrected chi connectivity index (χ0v) is 12.8. The van der Waals surface area contributed by atoms with Gasteiger partial charge >= 0.3 is 6.18 Å². The van der Waals surface area contributed by atoms with Gasteiger partial charge in [0.2, 0.25) is 0 Å². The van der Waals surface area contributed by atoms with Crippen molar-refractivity contribution in [2.24, 2.45) is 0 Å². The van der Waals surface area contributed by atoms with Crippen molar-refractivity contribution in [3.63, 3.8) is 0 Å². The first-order chi connectivity index (χ1) is 9.74. The van der Waals surface area contributed by atoms with Crippen LogP contribution in [0.5, 0.6) is 0 Å². The number of nitrogens with zero attached hydrogens (tertiary/aromatic N) is 2. The Morgan fingerprint density at radius 2 is 2.14 bits per heavy atom. The molecule has 0 N–H and O–H groups in total. The van der Waals surface area contributed by atoms with Gasteiger partial charge in [-0.05, 0) is 34.1 Å². The number of halogens is 4. The van der Waals surface area contributed by atoms with Gasteiger partial charge in [-0.2, -0.15) is 13.2 Å². The highest BCUT2D eigenvalue weighted by atomic mass is 79.9. The maximum absolute atomic E-state index is 12.8. The number of hydrogen-bond acceptors (Lipinski definition) is 2. The summed E-state index contributed by atoms with van der Waals surface area (Å²) in [5, 5.41) is 0.891. The molecule has 0 spiro atoms. The van der Waals surface area contributed by atoms with Crippen LogP contribution in [0.1, 0.15) is 16.1 Å². The first-order valence-corrected chi connectivity index (χ1v) is 6.71. The third-order valence-corrected chi connectivity index (χ3v) is 3.69. The van der Waals surface area contributed by atoms with Gasteiger partial charge in [-0.3, -0.25) is 9.63 Å². The van der Waals surface area contributed by atoms with Gasteiger partial charge in [0, 0.05) is 23.4 Å². The summed E-state index contributed by atoms with van der Waals surface area (Å²) in [5.41, 5.74) is 0.334. The molecule has 0 bridgehead atoms. The van der Waals surface area contributed by atoms with Gasteiger partial charge < -0.3 is 4.40 Å². The molecule has 8 heteroatoms. The lowest BCUT2D eigenvalue weighted by atomic mass is 10.1. The summed E-state index contributed by atoms with van der Waals surface area (Å²) in [6, 6.07) is 4.72. The van der Waals surface area contributed by atoms with Crippen LogP contribution in [0.2, 0.25) is 0 Å². The lowest BCUT2D eigenvalue weighted by molar-refractivity contribution is -0.128. The van der Waals surface area contributed by atoms with Crippen molar-refractivity contribution >= 4 is 27.4 Å². The molecule has 2 aromatic rings. The molecule has 0 aliphatic carbocycles. The van der Waals surface area contributed by atoms with Gasteiger partial charge in [0.25, 0.3) is 5.91 Å².